The molecule has 0 radical (unpaired) electrons. The van der Waals surface area contributed by atoms with E-state index in [1.54, 1.807) is 43.3 Å². The molecular formula is C17H19N3O2. The van der Waals surface area contributed by atoms with Crippen LogP contribution in [-0.2, 0) is 4.79 Å². The predicted molar refractivity (Wildman–Crippen MR) is 88.2 cm³/mol. The number of nitrogens with zero attached hydrogens (tertiary/aromatic N) is 1. The monoisotopic (exact) mass is 297 g/mol. The first-order valence-electron chi connectivity index (χ1n) is 6.99. The molecule has 0 atom stereocenters. The van der Waals surface area contributed by atoms with Crippen LogP contribution in [-0.4, -0.2) is 32.5 Å². The second-order valence-corrected chi connectivity index (χ2v) is 4.86. The highest BCUT2D eigenvalue weighted by atomic mass is 16.2. The fourth-order valence-electron chi connectivity index (χ4n) is 2.06. The van der Waals surface area contributed by atoms with Crippen LogP contribution in [0.2, 0.25) is 0 Å². The van der Waals surface area contributed by atoms with Crippen molar-refractivity contribution >= 4 is 23.2 Å². The van der Waals surface area contributed by atoms with Gasteiger partial charge in [0.15, 0.2) is 0 Å². The summed E-state index contributed by atoms with van der Waals surface area (Å²) in [6.07, 6.45) is 0. The van der Waals surface area contributed by atoms with E-state index in [1.165, 1.54) is 0 Å². The molecule has 0 aromatic heterocycles. The maximum absolute atomic E-state index is 12.5. The van der Waals surface area contributed by atoms with Gasteiger partial charge in [-0.25, -0.2) is 0 Å². The molecule has 22 heavy (non-hydrogen) atoms. The van der Waals surface area contributed by atoms with E-state index in [1.807, 2.05) is 30.3 Å². The summed E-state index contributed by atoms with van der Waals surface area (Å²) in [6, 6.07) is 16.3. The Bertz CT molecular complexity index is 656. The van der Waals surface area contributed by atoms with Crippen LogP contribution in [0.25, 0.3) is 0 Å². The molecule has 0 saturated carbocycles. The highest BCUT2D eigenvalue weighted by molar-refractivity contribution is 6.06. The summed E-state index contributed by atoms with van der Waals surface area (Å²) in [4.78, 5) is 25.7. The smallest absolute Gasteiger partial charge is 0.258 e. The Balaban J connectivity index is 2.15. The first-order chi connectivity index (χ1) is 10.6. The zero-order chi connectivity index (χ0) is 15.9. The number of carbonyl (C=O) groups is 2. The largest absolute Gasteiger partial charge is 0.325 e. The number of anilines is 2. The molecular weight excluding hydrogens is 278 g/mol. The normalized spacial score (nSPS) is 10.1. The van der Waals surface area contributed by atoms with Crippen molar-refractivity contribution in [2.24, 2.45) is 0 Å². The van der Waals surface area contributed by atoms with Crippen molar-refractivity contribution < 1.29 is 9.59 Å². The zero-order valence-corrected chi connectivity index (χ0v) is 12.7. The summed E-state index contributed by atoms with van der Waals surface area (Å²) in [5.74, 6) is -0.278. The molecule has 5 nitrogen and oxygen atoms in total. The molecule has 2 aromatic rings. The van der Waals surface area contributed by atoms with Crippen LogP contribution in [0.15, 0.2) is 54.6 Å². The van der Waals surface area contributed by atoms with Crippen LogP contribution in [0.1, 0.15) is 10.4 Å². The Hall–Kier alpha value is -2.66. The van der Waals surface area contributed by atoms with Crippen LogP contribution in [0.3, 0.4) is 0 Å². The molecule has 114 valence electrons. The number of nitrogens with one attached hydrogen (secondary N) is 2. The summed E-state index contributed by atoms with van der Waals surface area (Å²) in [7, 11) is 3.43. The number of para-hydroxylation sites is 1. The van der Waals surface area contributed by atoms with Crippen molar-refractivity contribution in [2.75, 3.05) is 30.9 Å². The second kappa shape index (κ2) is 7.38. The average molecular weight is 297 g/mol. The lowest BCUT2D eigenvalue weighted by Crippen LogP contribution is -2.27. The molecule has 0 aliphatic heterocycles. The highest BCUT2D eigenvalue weighted by Gasteiger charge is 2.13. The fraction of sp³-hybridized carbons (Fsp3) is 0.176. The van der Waals surface area contributed by atoms with Gasteiger partial charge >= 0.3 is 0 Å². The standard InChI is InChI=1S/C17H19N3O2/c1-18-12-16(21)19-14-8-6-7-13(11-14)17(22)20(2)15-9-4-3-5-10-15/h3-11,18H,12H2,1-2H3,(H,19,21). The Morgan fingerprint density at radius 3 is 2.45 bits per heavy atom. The summed E-state index contributed by atoms with van der Waals surface area (Å²) < 4.78 is 0. The molecule has 0 aliphatic rings. The van der Waals surface area contributed by atoms with Gasteiger partial charge in [-0.3, -0.25) is 9.59 Å². The average Bonchev–Trinajstić information content (AvgIpc) is 2.54. The summed E-state index contributed by atoms with van der Waals surface area (Å²) in [5.41, 5.74) is 1.94. The SMILES string of the molecule is CNCC(=O)Nc1cccc(C(=O)N(C)c2ccccc2)c1. The topological polar surface area (TPSA) is 61.4 Å². The third kappa shape index (κ3) is 3.93. The zero-order valence-electron chi connectivity index (χ0n) is 12.7. The molecule has 0 bridgehead atoms. The number of rotatable bonds is 5. The lowest BCUT2D eigenvalue weighted by atomic mass is 10.1. The molecule has 5 heteroatoms. The number of hydrogen-bond donors (Lipinski definition) is 2. The first-order valence-corrected chi connectivity index (χ1v) is 6.99. The van der Waals surface area contributed by atoms with E-state index in [2.05, 4.69) is 10.6 Å². The number of carbonyl (C=O) groups excluding carboxylic acids is 2. The van der Waals surface area contributed by atoms with E-state index in [4.69, 9.17) is 0 Å². The van der Waals surface area contributed by atoms with Gasteiger partial charge in [-0.2, -0.15) is 0 Å². The van der Waals surface area contributed by atoms with Gasteiger partial charge in [-0.1, -0.05) is 24.3 Å². The molecule has 2 rings (SSSR count). The molecule has 0 saturated heterocycles. The van der Waals surface area contributed by atoms with Gasteiger partial charge in [0.1, 0.15) is 0 Å². The number of hydrogen-bond acceptors (Lipinski definition) is 3. The molecule has 0 unspecified atom stereocenters. The van der Waals surface area contributed by atoms with E-state index in [9.17, 15) is 9.59 Å². The van der Waals surface area contributed by atoms with Crippen molar-refractivity contribution in [3.05, 3.63) is 60.2 Å². The molecule has 0 fully saturated rings. The van der Waals surface area contributed by atoms with Crippen LogP contribution in [0, 0.1) is 0 Å². The van der Waals surface area contributed by atoms with Crippen molar-refractivity contribution in [3.8, 4) is 0 Å². The lowest BCUT2D eigenvalue weighted by Gasteiger charge is -2.17. The van der Waals surface area contributed by atoms with E-state index in [0.29, 0.717) is 11.3 Å². The fourth-order valence-corrected chi connectivity index (χ4v) is 2.06. The highest BCUT2D eigenvalue weighted by Crippen LogP contribution is 2.17. The van der Waals surface area contributed by atoms with Gasteiger partial charge in [0, 0.05) is 24.0 Å². The third-order valence-electron chi connectivity index (χ3n) is 3.18. The lowest BCUT2D eigenvalue weighted by molar-refractivity contribution is -0.115. The van der Waals surface area contributed by atoms with Gasteiger partial charge in [-0.05, 0) is 37.4 Å². The Morgan fingerprint density at radius 2 is 1.77 bits per heavy atom. The molecule has 0 aliphatic carbocycles. The van der Waals surface area contributed by atoms with Gasteiger partial charge in [-0.15, -0.1) is 0 Å². The Morgan fingerprint density at radius 1 is 1.05 bits per heavy atom. The van der Waals surface area contributed by atoms with Gasteiger partial charge < -0.3 is 15.5 Å². The number of amides is 2. The van der Waals surface area contributed by atoms with Crippen LogP contribution >= 0.6 is 0 Å². The van der Waals surface area contributed by atoms with Gasteiger partial charge in [0.25, 0.3) is 5.91 Å². The maximum Gasteiger partial charge on any atom is 0.258 e. The first kappa shape index (κ1) is 15.7. The summed E-state index contributed by atoms with van der Waals surface area (Å²) in [5, 5.41) is 5.52. The number of benzene rings is 2. The number of likely N-dealkylation sites (N-methyl/N-ethyl adjacent to an activating group) is 1. The molecule has 0 heterocycles. The van der Waals surface area contributed by atoms with Gasteiger partial charge in [0.05, 0.1) is 6.54 Å². The van der Waals surface area contributed by atoms with Crippen molar-refractivity contribution in [3.63, 3.8) is 0 Å². The second-order valence-electron chi connectivity index (χ2n) is 4.86. The summed E-state index contributed by atoms with van der Waals surface area (Å²) in [6.45, 7) is 0.224. The molecule has 2 amide bonds. The molecule has 2 N–H and O–H groups in total. The minimum atomic E-state index is -0.150. The van der Waals surface area contributed by atoms with Crippen molar-refractivity contribution in [1.82, 2.24) is 5.32 Å². The predicted octanol–water partition coefficient (Wildman–Crippen LogP) is 2.12. The van der Waals surface area contributed by atoms with Crippen LogP contribution in [0.5, 0.6) is 0 Å². The van der Waals surface area contributed by atoms with E-state index in [0.717, 1.165) is 5.69 Å². The van der Waals surface area contributed by atoms with E-state index in [-0.39, 0.29) is 18.4 Å². The van der Waals surface area contributed by atoms with E-state index >= 15 is 0 Å². The van der Waals surface area contributed by atoms with Crippen molar-refractivity contribution in [1.29, 1.82) is 0 Å². The Labute approximate surface area is 129 Å². The molecule has 2 aromatic carbocycles. The van der Waals surface area contributed by atoms with Gasteiger partial charge in [0.2, 0.25) is 5.91 Å². The maximum atomic E-state index is 12.5. The quantitative estimate of drug-likeness (QED) is 0.888. The Kier molecular flexibility index (Phi) is 5.27. The minimum Gasteiger partial charge on any atom is -0.325 e. The summed E-state index contributed by atoms with van der Waals surface area (Å²) >= 11 is 0. The van der Waals surface area contributed by atoms with E-state index < -0.39 is 0 Å². The van der Waals surface area contributed by atoms with Crippen LogP contribution < -0.4 is 15.5 Å². The third-order valence-corrected chi connectivity index (χ3v) is 3.18. The van der Waals surface area contributed by atoms with Crippen LogP contribution in [0.4, 0.5) is 11.4 Å². The van der Waals surface area contributed by atoms with Crippen molar-refractivity contribution in [2.45, 2.75) is 0 Å². The minimum absolute atomic E-state index is 0.129. The molecule has 0 spiro atoms.